The summed E-state index contributed by atoms with van der Waals surface area (Å²) >= 11 is 1.08. The van der Waals surface area contributed by atoms with Crippen LogP contribution in [-0.4, -0.2) is 39.4 Å². The molecule has 0 spiro atoms. The minimum atomic E-state index is -4.06. The van der Waals surface area contributed by atoms with Gasteiger partial charge in [-0.15, -0.1) is 11.3 Å². The highest BCUT2D eigenvalue weighted by atomic mass is 32.2. The topological polar surface area (TPSA) is 168 Å². The van der Waals surface area contributed by atoms with Crippen molar-refractivity contribution in [3.8, 4) is 5.75 Å². The Labute approximate surface area is 164 Å². The number of primary amides is 1. The summed E-state index contributed by atoms with van der Waals surface area (Å²) in [7, 11) is -2.78. The number of benzene rings is 1. The number of ether oxygens (including phenoxy) is 2. The maximum absolute atomic E-state index is 12.4. The molecule has 2 amide bonds. The van der Waals surface area contributed by atoms with Crippen LogP contribution < -0.4 is 20.9 Å². The number of hydrogen-bond acceptors (Lipinski definition) is 8. The second kappa shape index (κ2) is 8.37. The molecule has 0 radical (unpaired) electrons. The van der Waals surface area contributed by atoms with Gasteiger partial charge < -0.3 is 20.5 Å². The van der Waals surface area contributed by atoms with Crippen LogP contribution in [0.1, 0.15) is 27.6 Å². The van der Waals surface area contributed by atoms with E-state index in [0.29, 0.717) is 0 Å². The quantitative estimate of drug-likeness (QED) is 0.546. The van der Waals surface area contributed by atoms with Gasteiger partial charge in [-0.3, -0.25) is 9.59 Å². The molecule has 0 aliphatic rings. The van der Waals surface area contributed by atoms with Gasteiger partial charge in [0.05, 0.1) is 17.6 Å². The number of carbonyl (C=O) groups is 3. The number of rotatable bonds is 7. The fourth-order valence-corrected chi connectivity index (χ4v) is 3.45. The van der Waals surface area contributed by atoms with E-state index in [2.05, 4.69) is 5.32 Å². The zero-order valence-corrected chi connectivity index (χ0v) is 16.4. The van der Waals surface area contributed by atoms with Crippen molar-refractivity contribution < 1.29 is 32.3 Å². The third-order valence-corrected chi connectivity index (χ3v) is 5.28. The Morgan fingerprint density at radius 1 is 1.18 bits per heavy atom. The second-order valence-electron chi connectivity index (χ2n) is 5.47. The zero-order valence-electron chi connectivity index (χ0n) is 14.8. The van der Waals surface area contributed by atoms with Gasteiger partial charge in [-0.05, 0) is 36.6 Å². The molecule has 2 rings (SSSR count). The Morgan fingerprint density at radius 2 is 1.86 bits per heavy atom. The van der Waals surface area contributed by atoms with E-state index in [9.17, 15) is 22.8 Å². The number of anilines is 1. The first kappa shape index (κ1) is 21.3. The number of methoxy groups -OCH3 is 1. The summed E-state index contributed by atoms with van der Waals surface area (Å²) in [6, 6.07) is 4.85. The van der Waals surface area contributed by atoms with Crippen LogP contribution in [0.2, 0.25) is 0 Å². The van der Waals surface area contributed by atoms with Crippen LogP contribution >= 0.6 is 11.3 Å². The number of nitrogens with two attached hydrogens (primary N) is 2. The van der Waals surface area contributed by atoms with Crippen LogP contribution in [0, 0.1) is 0 Å². The molecule has 0 aliphatic heterocycles. The number of hydrogen-bond donors (Lipinski definition) is 3. The van der Waals surface area contributed by atoms with Crippen molar-refractivity contribution in [3.63, 3.8) is 0 Å². The van der Waals surface area contributed by atoms with E-state index in [1.54, 1.807) is 5.38 Å². The Kier molecular flexibility index (Phi) is 6.38. The van der Waals surface area contributed by atoms with Crippen molar-refractivity contribution in [2.24, 2.45) is 10.9 Å². The lowest BCUT2D eigenvalue weighted by atomic mass is 10.2. The SMILES string of the molecule is COc1ccc(S(N)(=O)=O)cc1C(=O)O[C@H](C)C(=O)Nc1sccc1C(N)=O. The first-order valence-corrected chi connectivity index (χ1v) is 10.1. The molecule has 0 saturated heterocycles. The number of primary sulfonamides is 1. The smallest absolute Gasteiger partial charge is 0.342 e. The third-order valence-electron chi connectivity index (χ3n) is 3.54. The van der Waals surface area contributed by atoms with E-state index in [1.807, 2.05) is 0 Å². The molecule has 0 fully saturated rings. The molecule has 2 aromatic rings. The first-order chi connectivity index (χ1) is 13.0. The summed E-state index contributed by atoms with van der Waals surface area (Å²) in [6.45, 7) is 1.31. The van der Waals surface area contributed by atoms with Gasteiger partial charge in [0.2, 0.25) is 10.0 Å². The number of amides is 2. The molecule has 12 heteroatoms. The van der Waals surface area contributed by atoms with Crippen LogP contribution in [0.15, 0.2) is 34.5 Å². The van der Waals surface area contributed by atoms with Crippen molar-refractivity contribution in [1.29, 1.82) is 0 Å². The summed E-state index contributed by atoms with van der Waals surface area (Å²) < 4.78 is 33.1. The zero-order chi connectivity index (χ0) is 21.1. The standard InChI is InChI=1S/C16H17N3O7S2/c1-8(14(21)19-15-10(13(17)20)5-6-27-15)26-16(22)11-7-9(28(18,23)24)3-4-12(11)25-2/h3-8H,1-2H3,(H2,17,20)(H,19,21)(H2,18,23,24)/t8-/m1/s1. The lowest BCUT2D eigenvalue weighted by Crippen LogP contribution is -2.30. The lowest BCUT2D eigenvalue weighted by Gasteiger charge is -2.15. The Balaban J connectivity index is 2.18. The molecule has 1 aromatic heterocycles. The van der Waals surface area contributed by atoms with E-state index in [4.69, 9.17) is 20.3 Å². The molecule has 0 bridgehead atoms. The fourth-order valence-electron chi connectivity index (χ4n) is 2.11. The molecule has 1 atom stereocenters. The maximum Gasteiger partial charge on any atom is 0.342 e. The van der Waals surface area contributed by atoms with Crippen LogP contribution in [0.5, 0.6) is 5.75 Å². The summed E-state index contributed by atoms with van der Waals surface area (Å²) in [5.41, 5.74) is 5.11. The van der Waals surface area contributed by atoms with Crippen molar-refractivity contribution in [2.45, 2.75) is 17.9 Å². The number of thiophene rings is 1. The minimum Gasteiger partial charge on any atom is -0.496 e. The van der Waals surface area contributed by atoms with Crippen molar-refractivity contribution in [1.82, 2.24) is 0 Å². The highest BCUT2D eigenvalue weighted by Crippen LogP contribution is 2.25. The van der Waals surface area contributed by atoms with E-state index in [0.717, 1.165) is 17.4 Å². The summed E-state index contributed by atoms with van der Waals surface area (Å²) in [5, 5.41) is 9.29. The Hall–Kier alpha value is -2.96. The molecule has 5 N–H and O–H groups in total. The average Bonchev–Trinajstić information content (AvgIpc) is 3.08. The fraction of sp³-hybridized carbons (Fsp3) is 0.188. The van der Waals surface area contributed by atoms with Crippen LogP contribution in [0.4, 0.5) is 5.00 Å². The van der Waals surface area contributed by atoms with E-state index >= 15 is 0 Å². The van der Waals surface area contributed by atoms with Gasteiger partial charge in [-0.25, -0.2) is 18.4 Å². The molecule has 0 aliphatic carbocycles. The van der Waals surface area contributed by atoms with Crippen molar-refractivity contribution in [2.75, 3.05) is 12.4 Å². The predicted octanol–water partition coefficient (Wildman–Crippen LogP) is 0.687. The van der Waals surface area contributed by atoms with Crippen LogP contribution in [-0.2, 0) is 19.6 Å². The largest absolute Gasteiger partial charge is 0.496 e. The normalized spacial score (nSPS) is 12.1. The summed E-state index contributed by atoms with van der Waals surface area (Å²) in [6.07, 6.45) is -1.27. The van der Waals surface area contributed by atoms with Gasteiger partial charge in [-0.1, -0.05) is 0 Å². The average molecular weight is 427 g/mol. The van der Waals surface area contributed by atoms with Gasteiger partial charge in [0.1, 0.15) is 16.3 Å². The molecule has 1 heterocycles. The Morgan fingerprint density at radius 3 is 2.43 bits per heavy atom. The van der Waals surface area contributed by atoms with Crippen molar-refractivity contribution in [3.05, 3.63) is 40.8 Å². The number of esters is 1. The Bertz CT molecular complexity index is 1030. The summed E-state index contributed by atoms with van der Waals surface area (Å²) in [5.74, 6) is -2.38. The van der Waals surface area contributed by atoms with E-state index in [-0.39, 0.29) is 26.8 Å². The highest BCUT2D eigenvalue weighted by molar-refractivity contribution is 7.89. The van der Waals surface area contributed by atoms with Crippen molar-refractivity contribution >= 4 is 44.1 Å². The minimum absolute atomic E-state index is 0.0410. The maximum atomic E-state index is 12.4. The van der Waals surface area contributed by atoms with Gasteiger partial charge in [0.25, 0.3) is 11.8 Å². The molecule has 28 heavy (non-hydrogen) atoms. The van der Waals surface area contributed by atoms with Gasteiger partial charge in [0, 0.05) is 0 Å². The molecule has 10 nitrogen and oxygen atoms in total. The highest BCUT2D eigenvalue weighted by Gasteiger charge is 2.24. The van der Waals surface area contributed by atoms with Gasteiger partial charge in [-0.2, -0.15) is 0 Å². The molecule has 0 unspecified atom stereocenters. The molecule has 1 aromatic carbocycles. The van der Waals surface area contributed by atoms with Gasteiger partial charge in [0.15, 0.2) is 6.10 Å². The van der Waals surface area contributed by atoms with Crippen LogP contribution in [0.25, 0.3) is 0 Å². The number of carbonyl (C=O) groups excluding carboxylic acids is 3. The van der Waals surface area contributed by atoms with E-state index < -0.39 is 33.9 Å². The van der Waals surface area contributed by atoms with E-state index in [1.165, 1.54) is 32.2 Å². The van der Waals surface area contributed by atoms with Crippen LogP contribution in [0.3, 0.4) is 0 Å². The molecular weight excluding hydrogens is 410 g/mol. The number of nitrogens with one attached hydrogen (secondary N) is 1. The molecular formula is C16H17N3O7S2. The molecule has 0 saturated carbocycles. The monoisotopic (exact) mass is 427 g/mol. The third kappa shape index (κ3) is 4.85. The van der Waals surface area contributed by atoms with Gasteiger partial charge >= 0.3 is 5.97 Å². The second-order valence-corrected chi connectivity index (χ2v) is 7.95. The first-order valence-electron chi connectivity index (χ1n) is 7.64. The predicted molar refractivity (Wildman–Crippen MR) is 101 cm³/mol. The number of sulfonamides is 1. The lowest BCUT2D eigenvalue weighted by molar-refractivity contribution is -0.123. The summed E-state index contributed by atoms with van der Waals surface area (Å²) in [4.78, 5) is 35.6. The molecule has 150 valence electrons.